The predicted molar refractivity (Wildman–Crippen MR) is 77.7 cm³/mol. The summed E-state index contributed by atoms with van der Waals surface area (Å²) < 4.78 is 13.7. The highest BCUT2D eigenvalue weighted by Crippen LogP contribution is 2.24. The van der Waals surface area contributed by atoms with Gasteiger partial charge in [0, 0.05) is 11.8 Å². The van der Waals surface area contributed by atoms with E-state index in [-0.39, 0.29) is 11.7 Å². The van der Waals surface area contributed by atoms with Crippen molar-refractivity contribution in [2.45, 2.75) is 12.3 Å². The third-order valence-corrected chi connectivity index (χ3v) is 3.90. The van der Waals surface area contributed by atoms with E-state index >= 15 is 0 Å². The summed E-state index contributed by atoms with van der Waals surface area (Å²) in [4.78, 5) is 0. The molecule has 2 rings (SSSR count). The van der Waals surface area contributed by atoms with Crippen molar-refractivity contribution >= 4 is 27.5 Å². The van der Waals surface area contributed by atoms with Crippen LogP contribution in [0.1, 0.15) is 17.0 Å². The van der Waals surface area contributed by atoms with E-state index in [1.54, 1.807) is 0 Å². The van der Waals surface area contributed by atoms with Crippen molar-refractivity contribution in [3.8, 4) is 0 Å². The van der Waals surface area contributed by atoms with Crippen LogP contribution < -0.4 is 0 Å². The predicted octanol–water partition coefficient (Wildman–Crippen LogP) is 5.15. The fourth-order valence-electron chi connectivity index (χ4n) is 1.94. The lowest BCUT2D eigenvalue weighted by Crippen LogP contribution is -2.04. The van der Waals surface area contributed by atoms with Crippen LogP contribution in [0, 0.1) is 5.82 Å². The Labute approximate surface area is 120 Å². The van der Waals surface area contributed by atoms with Gasteiger partial charge < -0.3 is 0 Å². The van der Waals surface area contributed by atoms with Crippen molar-refractivity contribution in [1.82, 2.24) is 0 Å². The first-order valence-corrected chi connectivity index (χ1v) is 7.08. The Morgan fingerprint density at radius 3 is 2.44 bits per heavy atom. The van der Waals surface area contributed by atoms with Gasteiger partial charge >= 0.3 is 0 Å². The van der Waals surface area contributed by atoms with Crippen LogP contribution in [0.5, 0.6) is 0 Å². The molecule has 0 fully saturated rings. The van der Waals surface area contributed by atoms with Crippen LogP contribution in [0.2, 0.25) is 0 Å². The fourth-order valence-corrected chi connectivity index (χ4v) is 2.65. The minimum atomic E-state index is -0.235. The monoisotopic (exact) mass is 326 g/mol. The van der Waals surface area contributed by atoms with E-state index in [9.17, 15) is 4.39 Å². The standard InChI is InChI=1S/C15H13BrClF/c16-14-9-11(6-7-15(14)18)8-13(10-17)12-4-2-1-3-5-12/h1-7,9,13H,8,10H2. The van der Waals surface area contributed by atoms with Gasteiger partial charge in [0.25, 0.3) is 0 Å². The summed E-state index contributed by atoms with van der Waals surface area (Å²) in [6.45, 7) is 0. The van der Waals surface area contributed by atoms with Crippen molar-refractivity contribution in [3.05, 3.63) is 69.9 Å². The molecular weight excluding hydrogens is 315 g/mol. The fraction of sp³-hybridized carbons (Fsp3) is 0.200. The number of halogens is 3. The molecule has 94 valence electrons. The van der Waals surface area contributed by atoms with Crippen LogP contribution in [-0.4, -0.2) is 5.88 Å². The van der Waals surface area contributed by atoms with E-state index in [1.807, 2.05) is 30.3 Å². The van der Waals surface area contributed by atoms with Crippen molar-refractivity contribution in [3.63, 3.8) is 0 Å². The van der Waals surface area contributed by atoms with Crippen molar-refractivity contribution < 1.29 is 4.39 Å². The minimum absolute atomic E-state index is 0.235. The van der Waals surface area contributed by atoms with Gasteiger partial charge in [-0.3, -0.25) is 0 Å². The molecule has 1 atom stereocenters. The quantitative estimate of drug-likeness (QED) is 0.681. The first-order valence-electron chi connectivity index (χ1n) is 5.75. The summed E-state index contributed by atoms with van der Waals surface area (Å²) in [7, 11) is 0. The maximum atomic E-state index is 13.2. The molecule has 18 heavy (non-hydrogen) atoms. The molecule has 0 amide bonds. The molecule has 0 aliphatic heterocycles. The first-order chi connectivity index (χ1) is 8.70. The minimum Gasteiger partial charge on any atom is -0.206 e. The van der Waals surface area contributed by atoms with E-state index in [1.165, 1.54) is 11.6 Å². The zero-order chi connectivity index (χ0) is 13.0. The van der Waals surface area contributed by atoms with Gasteiger partial charge in [-0.15, -0.1) is 11.6 Å². The molecule has 0 spiro atoms. The average molecular weight is 328 g/mol. The summed E-state index contributed by atoms with van der Waals surface area (Å²) >= 11 is 9.24. The molecule has 2 aromatic rings. The zero-order valence-electron chi connectivity index (χ0n) is 9.74. The van der Waals surface area contributed by atoms with Gasteiger partial charge in [-0.1, -0.05) is 36.4 Å². The second-order valence-electron chi connectivity index (χ2n) is 4.21. The van der Waals surface area contributed by atoms with Crippen LogP contribution in [0.15, 0.2) is 53.0 Å². The SMILES string of the molecule is Fc1ccc(CC(CCl)c2ccccc2)cc1Br. The molecule has 0 radical (unpaired) electrons. The largest absolute Gasteiger partial charge is 0.206 e. The van der Waals surface area contributed by atoms with Gasteiger partial charge in [-0.25, -0.2) is 4.39 Å². The van der Waals surface area contributed by atoms with E-state index in [2.05, 4.69) is 28.1 Å². The van der Waals surface area contributed by atoms with Gasteiger partial charge in [0.2, 0.25) is 0 Å². The molecule has 0 nitrogen and oxygen atoms in total. The Morgan fingerprint density at radius 2 is 1.83 bits per heavy atom. The van der Waals surface area contributed by atoms with Crippen LogP contribution in [0.4, 0.5) is 4.39 Å². The van der Waals surface area contributed by atoms with Crippen LogP contribution >= 0.6 is 27.5 Å². The smallest absolute Gasteiger partial charge is 0.137 e. The maximum Gasteiger partial charge on any atom is 0.137 e. The number of rotatable bonds is 4. The normalized spacial score (nSPS) is 12.4. The molecule has 0 bridgehead atoms. The summed E-state index contributed by atoms with van der Waals surface area (Å²) in [5.74, 6) is 0.574. The number of benzene rings is 2. The van der Waals surface area contributed by atoms with Crippen molar-refractivity contribution in [2.75, 3.05) is 5.88 Å². The Kier molecular flexibility index (Phi) is 4.79. The highest BCUT2D eigenvalue weighted by molar-refractivity contribution is 9.10. The van der Waals surface area contributed by atoms with E-state index < -0.39 is 0 Å². The number of alkyl halides is 1. The lowest BCUT2D eigenvalue weighted by atomic mass is 9.94. The van der Waals surface area contributed by atoms with Crippen molar-refractivity contribution in [2.24, 2.45) is 0 Å². The molecule has 1 unspecified atom stereocenters. The molecule has 0 aliphatic rings. The molecule has 0 heterocycles. The summed E-state index contributed by atoms with van der Waals surface area (Å²) in [6.07, 6.45) is 0.812. The molecule has 0 saturated carbocycles. The third-order valence-electron chi connectivity index (χ3n) is 2.92. The molecular formula is C15H13BrClF. The van der Waals surface area contributed by atoms with Crippen molar-refractivity contribution in [1.29, 1.82) is 0 Å². The Morgan fingerprint density at radius 1 is 1.11 bits per heavy atom. The molecule has 2 aromatic carbocycles. The molecule has 0 aliphatic carbocycles. The van der Waals surface area contributed by atoms with Gasteiger partial charge in [-0.05, 0) is 45.6 Å². The Bertz CT molecular complexity index is 513. The number of hydrogen-bond acceptors (Lipinski definition) is 0. The molecule has 0 saturated heterocycles. The zero-order valence-corrected chi connectivity index (χ0v) is 12.1. The number of hydrogen-bond donors (Lipinski definition) is 0. The van der Waals surface area contributed by atoms with Gasteiger partial charge in [0.1, 0.15) is 5.82 Å². The second-order valence-corrected chi connectivity index (χ2v) is 5.38. The van der Waals surface area contributed by atoms with Gasteiger partial charge in [0.05, 0.1) is 4.47 Å². The van der Waals surface area contributed by atoms with E-state index in [0.29, 0.717) is 10.4 Å². The highest BCUT2D eigenvalue weighted by Gasteiger charge is 2.11. The topological polar surface area (TPSA) is 0 Å². The second kappa shape index (κ2) is 6.35. The maximum absolute atomic E-state index is 13.2. The molecule has 0 aromatic heterocycles. The van der Waals surface area contributed by atoms with E-state index in [4.69, 9.17) is 11.6 Å². The Hall–Kier alpha value is -0.860. The summed E-state index contributed by atoms with van der Waals surface area (Å²) in [5.41, 5.74) is 2.30. The lowest BCUT2D eigenvalue weighted by molar-refractivity contribution is 0.619. The van der Waals surface area contributed by atoms with Crippen LogP contribution in [0.25, 0.3) is 0 Å². The summed E-state index contributed by atoms with van der Waals surface area (Å²) in [5, 5.41) is 0. The molecule has 0 N–H and O–H groups in total. The van der Waals surface area contributed by atoms with E-state index in [0.717, 1.165) is 12.0 Å². The van der Waals surface area contributed by atoms with Gasteiger partial charge in [0.15, 0.2) is 0 Å². The van der Waals surface area contributed by atoms with Crippen LogP contribution in [0.3, 0.4) is 0 Å². The first kappa shape index (κ1) is 13.6. The highest BCUT2D eigenvalue weighted by atomic mass is 79.9. The third kappa shape index (κ3) is 3.33. The summed E-state index contributed by atoms with van der Waals surface area (Å²) in [6, 6.07) is 15.3. The Balaban J connectivity index is 2.18. The van der Waals surface area contributed by atoms with Gasteiger partial charge in [-0.2, -0.15) is 0 Å². The molecule has 3 heteroatoms. The van der Waals surface area contributed by atoms with Crippen LogP contribution in [-0.2, 0) is 6.42 Å². The lowest BCUT2D eigenvalue weighted by Gasteiger charge is -2.14. The average Bonchev–Trinajstić information content (AvgIpc) is 2.41.